The van der Waals surface area contributed by atoms with Crippen molar-refractivity contribution in [2.75, 3.05) is 52.5 Å². The Labute approximate surface area is 283 Å². The minimum atomic E-state index is -0.137. The normalized spacial score (nSPS) is 13.7. The SMILES string of the molecule is COCCOCCOCCOc1c(C(C)(C)C)cc(SC(C)CSc2cc(C(C)(C)C)c(O)c(C(C)(C)C)c2)cc1C(C)(C)C. The molecule has 0 spiro atoms. The van der Waals surface area contributed by atoms with Gasteiger partial charge in [-0.3, -0.25) is 0 Å². The molecule has 0 aliphatic carbocycles. The van der Waals surface area contributed by atoms with E-state index in [0.29, 0.717) is 50.6 Å². The fraction of sp³-hybridized carbons (Fsp3) is 0.684. The lowest BCUT2D eigenvalue weighted by molar-refractivity contribution is 0.0177. The topological polar surface area (TPSA) is 57.2 Å². The quantitative estimate of drug-likeness (QED) is 0.150. The summed E-state index contributed by atoms with van der Waals surface area (Å²) in [5.41, 5.74) is 4.03. The largest absolute Gasteiger partial charge is 0.507 e. The van der Waals surface area contributed by atoms with Gasteiger partial charge in [0.25, 0.3) is 0 Å². The van der Waals surface area contributed by atoms with Crippen LogP contribution >= 0.6 is 23.5 Å². The van der Waals surface area contributed by atoms with E-state index in [1.807, 2.05) is 23.5 Å². The van der Waals surface area contributed by atoms with Crippen molar-refractivity contribution in [1.29, 1.82) is 0 Å². The zero-order valence-electron chi connectivity index (χ0n) is 30.7. The number of phenolic OH excluding ortho intramolecular Hbond substituents is 1. The number of ether oxygens (including phenoxy) is 4. The second-order valence-electron chi connectivity index (χ2n) is 16.0. The van der Waals surface area contributed by atoms with Gasteiger partial charge in [0, 0.05) is 50.2 Å². The summed E-state index contributed by atoms with van der Waals surface area (Å²) in [4.78, 5) is 2.49. The molecule has 0 aromatic heterocycles. The minimum absolute atomic E-state index is 0.0846. The molecule has 0 heterocycles. The average Bonchev–Trinajstić information content (AvgIpc) is 2.89. The molecular weight excluding hydrogens is 601 g/mol. The Morgan fingerprint density at radius 2 is 1.00 bits per heavy atom. The van der Waals surface area contributed by atoms with Gasteiger partial charge in [-0.05, 0) is 45.9 Å². The van der Waals surface area contributed by atoms with Crippen LogP contribution in [-0.4, -0.2) is 62.9 Å². The number of phenols is 1. The lowest BCUT2D eigenvalue weighted by Crippen LogP contribution is -2.21. The summed E-state index contributed by atoms with van der Waals surface area (Å²) in [7, 11) is 1.67. The zero-order chi connectivity index (χ0) is 34.2. The van der Waals surface area contributed by atoms with Gasteiger partial charge in [0.15, 0.2) is 0 Å². The van der Waals surface area contributed by atoms with Crippen LogP contribution in [0.2, 0.25) is 0 Å². The zero-order valence-corrected chi connectivity index (χ0v) is 32.4. The maximum Gasteiger partial charge on any atom is 0.126 e. The smallest absolute Gasteiger partial charge is 0.126 e. The molecule has 45 heavy (non-hydrogen) atoms. The molecule has 5 nitrogen and oxygen atoms in total. The highest BCUT2D eigenvalue weighted by Crippen LogP contribution is 2.45. The molecule has 1 unspecified atom stereocenters. The molecule has 0 radical (unpaired) electrons. The Morgan fingerprint density at radius 3 is 1.42 bits per heavy atom. The highest BCUT2D eigenvalue weighted by molar-refractivity contribution is 8.03. The average molecular weight is 663 g/mol. The molecular formula is C38H62O5S2. The van der Waals surface area contributed by atoms with Crippen molar-refractivity contribution < 1.29 is 24.1 Å². The Morgan fingerprint density at radius 1 is 0.600 bits per heavy atom. The standard InChI is InChI=1S/C38H62O5S2/c1-26(25-44-27-21-29(35(2,3)4)33(39)30(22-27)36(5,6)7)45-28-23-31(37(8,9)10)34(32(24-28)38(11,12)13)43-20-19-42-18-17-41-16-15-40-14/h21-24,26,39H,15-20,25H2,1-14H3. The first-order valence-corrected chi connectivity index (χ1v) is 18.2. The molecule has 0 aliphatic rings. The molecule has 0 aliphatic heterocycles. The van der Waals surface area contributed by atoms with Crippen LogP contribution in [0.25, 0.3) is 0 Å². The van der Waals surface area contributed by atoms with Gasteiger partial charge in [0.05, 0.1) is 33.0 Å². The lowest BCUT2D eigenvalue weighted by atomic mass is 9.79. The summed E-state index contributed by atoms with van der Waals surface area (Å²) in [6.07, 6.45) is 0. The first-order chi connectivity index (χ1) is 20.7. The highest BCUT2D eigenvalue weighted by Gasteiger charge is 2.29. The van der Waals surface area contributed by atoms with Crippen LogP contribution < -0.4 is 4.74 Å². The number of thioether (sulfide) groups is 2. The lowest BCUT2D eigenvalue weighted by Gasteiger charge is -2.31. The van der Waals surface area contributed by atoms with Crippen LogP contribution in [0.1, 0.15) is 112 Å². The third-order valence-corrected chi connectivity index (χ3v) is 10.0. The van der Waals surface area contributed by atoms with Crippen molar-refractivity contribution >= 4 is 23.5 Å². The molecule has 0 bridgehead atoms. The van der Waals surface area contributed by atoms with Gasteiger partial charge in [-0.15, -0.1) is 23.5 Å². The Bertz CT molecular complexity index is 1140. The van der Waals surface area contributed by atoms with Crippen LogP contribution in [-0.2, 0) is 35.9 Å². The number of aromatic hydroxyl groups is 1. The Hall–Kier alpha value is -1.38. The van der Waals surface area contributed by atoms with Gasteiger partial charge in [0.2, 0.25) is 0 Å². The van der Waals surface area contributed by atoms with Gasteiger partial charge < -0.3 is 24.1 Å². The molecule has 0 fully saturated rings. The summed E-state index contributed by atoms with van der Waals surface area (Å²) < 4.78 is 22.8. The number of hydrogen-bond acceptors (Lipinski definition) is 7. The third-order valence-electron chi connectivity index (χ3n) is 7.48. The highest BCUT2D eigenvalue weighted by atomic mass is 32.2. The van der Waals surface area contributed by atoms with E-state index in [9.17, 15) is 5.11 Å². The van der Waals surface area contributed by atoms with Crippen molar-refractivity contribution in [3.8, 4) is 11.5 Å². The van der Waals surface area contributed by atoms with Gasteiger partial charge in [-0.25, -0.2) is 0 Å². The Kier molecular flexibility index (Phi) is 14.7. The number of benzene rings is 2. The second-order valence-corrected chi connectivity index (χ2v) is 18.6. The fourth-order valence-electron chi connectivity index (χ4n) is 4.92. The van der Waals surface area contributed by atoms with Crippen molar-refractivity contribution in [3.05, 3.63) is 46.5 Å². The fourth-order valence-corrected chi connectivity index (χ4v) is 7.06. The van der Waals surface area contributed by atoms with E-state index >= 15 is 0 Å². The Balaban J connectivity index is 2.24. The summed E-state index contributed by atoms with van der Waals surface area (Å²) in [5.74, 6) is 2.38. The molecule has 0 amide bonds. The predicted molar refractivity (Wildman–Crippen MR) is 194 cm³/mol. The van der Waals surface area contributed by atoms with Crippen LogP contribution in [0, 0.1) is 0 Å². The predicted octanol–water partition coefficient (Wildman–Crippen LogP) is 9.91. The molecule has 1 atom stereocenters. The summed E-state index contributed by atoms with van der Waals surface area (Å²) in [5, 5.41) is 11.5. The van der Waals surface area contributed by atoms with E-state index in [1.54, 1.807) is 7.11 Å². The molecule has 2 rings (SSSR count). The summed E-state index contributed by atoms with van der Waals surface area (Å²) in [6, 6.07) is 9.03. The van der Waals surface area contributed by atoms with E-state index in [-0.39, 0.29) is 21.7 Å². The third kappa shape index (κ3) is 12.6. The van der Waals surface area contributed by atoms with Crippen LogP contribution in [0.4, 0.5) is 0 Å². The molecule has 256 valence electrons. The molecule has 0 saturated carbocycles. The molecule has 0 saturated heterocycles. The number of hydrogen-bond donors (Lipinski definition) is 1. The van der Waals surface area contributed by atoms with Gasteiger partial charge in [-0.2, -0.15) is 0 Å². The number of methoxy groups -OCH3 is 1. The van der Waals surface area contributed by atoms with Crippen molar-refractivity contribution in [1.82, 2.24) is 0 Å². The maximum absolute atomic E-state index is 11.2. The monoisotopic (exact) mass is 662 g/mol. The van der Waals surface area contributed by atoms with E-state index in [1.165, 1.54) is 20.9 Å². The van der Waals surface area contributed by atoms with E-state index < -0.39 is 0 Å². The molecule has 2 aromatic carbocycles. The first-order valence-electron chi connectivity index (χ1n) is 16.3. The first kappa shape index (κ1) is 39.8. The van der Waals surface area contributed by atoms with Crippen molar-refractivity contribution in [3.63, 3.8) is 0 Å². The number of rotatable bonds is 15. The molecule has 1 N–H and O–H groups in total. The summed E-state index contributed by atoms with van der Waals surface area (Å²) >= 11 is 3.80. The summed E-state index contributed by atoms with van der Waals surface area (Å²) in [6.45, 7) is 32.1. The van der Waals surface area contributed by atoms with E-state index in [2.05, 4.69) is 114 Å². The van der Waals surface area contributed by atoms with Crippen LogP contribution in [0.3, 0.4) is 0 Å². The van der Waals surface area contributed by atoms with Crippen molar-refractivity contribution in [2.45, 2.75) is 127 Å². The van der Waals surface area contributed by atoms with Gasteiger partial charge in [0.1, 0.15) is 18.1 Å². The van der Waals surface area contributed by atoms with Gasteiger partial charge >= 0.3 is 0 Å². The van der Waals surface area contributed by atoms with E-state index in [4.69, 9.17) is 18.9 Å². The molecule has 7 heteroatoms. The molecule has 2 aromatic rings. The van der Waals surface area contributed by atoms with Crippen LogP contribution in [0.15, 0.2) is 34.1 Å². The minimum Gasteiger partial charge on any atom is -0.507 e. The second kappa shape index (κ2) is 16.6. The van der Waals surface area contributed by atoms with Gasteiger partial charge in [-0.1, -0.05) is 90.0 Å². The maximum atomic E-state index is 11.2. The van der Waals surface area contributed by atoms with Crippen molar-refractivity contribution in [2.24, 2.45) is 0 Å². The van der Waals surface area contributed by atoms with E-state index in [0.717, 1.165) is 22.6 Å². The van der Waals surface area contributed by atoms with Crippen LogP contribution in [0.5, 0.6) is 11.5 Å².